The number of nitrogens with two attached hydrogens (primary N) is 1. The molecular formula is C11H9IN2O2. The zero-order valence-electron chi connectivity index (χ0n) is 8.53. The number of aromatic nitrogens is 1. The Labute approximate surface area is 106 Å². The summed E-state index contributed by atoms with van der Waals surface area (Å²) in [6.07, 6.45) is 0. The molecule has 1 heterocycles. The predicted octanol–water partition coefficient (Wildman–Crippen LogP) is 1.95. The number of ether oxygens (including phenoxy) is 1. The van der Waals surface area contributed by atoms with E-state index in [0.717, 1.165) is 14.5 Å². The molecule has 0 unspecified atom stereocenters. The highest BCUT2D eigenvalue weighted by Crippen LogP contribution is 2.23. The molecule has 16 heavy (non-hydrogen) atoms. The molecule has 0 spiro atoms. The van der Waals surface area contributed by atoms with Crippen molar-refractivity contribution in [3.05, 3.63) is 33.4 Å². The number of fused-ring (bicyclic) bond motifs is 1. The van der Waals surface area contributed by atoms with Crippen molar-refractivity contribution in [2.75, 3.05) is 7.11 Å². The van der Waals surface area contributed by atoms with Gasteiger partial charge in [0.25, 0.3) is 5.91 Å². The van der Waals surface area contributed by atoms with Crippen LogP contribution in [0.3, 0.4) is 0 Å². The number of primary amides is 1. The molecule has 2 N–H and O–H groups in total. The number of hydrogen-bond acceptors (Lipinski definition) is 3. The van der Waals surface area contributed by atoms with E-state index in [1.807, 2.05) is 18.2 Å². The van der Waals surface area contributed by atoms with Crippen LogP contribution in [0.15, 0.2) is 24.3 Å². The second-order valence-corrected chi connectivity index (χ2v) is 4.49. The van der Waals surface area contributed by atoms with Crippen LogP contribution in [0.5, 0.6) is 5.88 Å². The molecule has 1 aromatic heterocycles. The minimum absolute atomic E-state index is 0.265. The third-order valence-electron chi connectivity index (χ3n) is 2.20. The Balaban J connectivity index is 2.75. The van der Waals surface area contributed by atoms with Crippen LogP contribution in [0, 0.1) is 3.57 Å². The first-order valence-electron chi connectivity index (χ1n) is 4.56. The lowest BCUT2D eigenvalue weighted by molar-refractivity contribution is 0.0997. The summed E-state index contributed by atoms with van der Waals surface area (Å²) in [4.78, 5) is 15.4. The number of benzene rings is 1. The van der Waals surface area contributed by atoms with Crippen molar-refractivity contribution in [3.63, 3.8) is 0 Å². The number of nitrogens with zero attached hydrogens (tertiary/aromatic N) is 1. The van der Waals surface area contributed by atoms with Gasteiger partial charge in [-0.1, -0.05) is 0 Å². The van der Waals surface area contributed by atoms with Crippen molar-refractivity contribution in [1.82, 2.24) is 4.98 Å². The maximum absolute atomic E-state index is 11.2. The molecule has 82 valence electrons. The van der Waals surface area contributed by atoms with Gasteiger partial charge >= 0.3 is 0 Å². The largest absolute Gasteiger partial charge is 0.480 e. The Bertz CT molecular complexity index is 569. The molecule has 1 amide bonds. The second-order valence-electron chi connectivity index (χ2n) is 3.25. The molecule has 0 atom stereocenters. The fourth-order valence-electron chi connectivity index (χ4n) is 1.46. The van der Waals surface area contributed by atoms with E-state index < -0.39 is 5.91 Å². The van der Waals surface area contributed by atoms with E-state index in [2.05, 4.69) is 27.6 Å². The number of halogens is 1. The average Bonchev–Trinajstić information content (AvgIpc) is 2.27. The van der Waals surface area contributed by atoms with Crippen LogP contribution in [0.2, 0.25) is 0 Å². The van der Waals surface area contributed by atoms with Crippen LogP contribution in [0.1, 0.15) is 10.4 Å². The molecule has 1 aromatic carbocycles. The maximum Gasteiger partial charge on any atom is 0.254 e. The quantitative estimate of drug-likeness (QED) is 0.857. The summed E-state index contributed by atoms with van der Waals surface area (Å²) in [5.41, 5.74) is 6.34. The maximum atomic E-state index is 11.2. The molecule has 0 radical (unpaired) electrons. The smallest absolute Gasteiger partial charge is 0.254 e. The number of hydrogen-bond donors (Lipinski definition) is 1. The molecule has 0 aliphatic rings. The Kier molecular flexibility index (Phi) is 2.95. The van der Waals surface area contributed by atoms with Crippen molar-refractivity contribution >= 4 is 39.4 Å². The van der Waals surface area contributed by atoms with Gasteiger partial charge in [-0.3, -0.25) is 4.79 Å². The minimum Gasteiger partial charge on any atom is -0.480 e. The Morgan fingerprint density at radius 2 is 2.19 bits per heavy atom. The number of amides is 1. The van der Waals surface area contributed by atoms with Gasteiger partial charge < -0.3 is 10.5 Å². The number of pyridine rings is 1. The zero-order valence-corrected chi connectivity index (χ0v) is 10.7. The number of carbonyl (C=O) groups is 1. The van der Waals surface area contributed by atoms with Gasteiger partial charge in [0, 0.05) is 8.96 Å². The first-order valence-corrected chi connectivity index (χ1v) is 5.64. The first kappa shape index (κ1) is 11.1. The molecule has 0 saturated heterocycles. The van der Waals surface area contributed by atoms with Crippen molar-refractivity contribution < 1.29 is 9.53 Å². The summed E-state index contributed by atoms with van der Waals surface area (Å²) in [6.45, 7) is 0. The fraction of sp³-hybridized carbons (Fsp3) is 0.0909. The topological polar surface area (TPSA) is 65.2 Å². The van der Waals surface area contributed by atoms with Gasteiger partial charge in [0.2, 0.25) is 5.88 Å². The third-order valence-corrected chi connectivity index (χ3v) is 2.87. The zero-order chi connectivity index (χ0) is 11.7. The van der Waals surface area contributed by atoms with Crippen LogP contribution < -0.4 is 10.5 Å². The molecule has 0 saturated carbocycles. The van der Waals surface area contributed by atoms with Crippen LogP contribution in [-0.2, 0) is 0 Å². The molecule has 0 aliphatic carbocycles. The normalized spacial score (nSPS) is 10.4. The van der Waals surface area contributed by atoms with Gasteiger partial charge in [0.1, 0.15) is 5.56 Å². The number of rotatable bonds is 2. The van der Waals surface area contributed by atoms with Gasteiger partial charge in [-0.25, -0.2) is 4.98 Å². The summed E-state index contributed by atoms with van der Waals surface area (Å²) in [5.74, 6) is -0.272. The van der Waals surface area contributed by atoms with E-state index in [-0.39, 0.29) is 5.88 Å². The molecule has 2 rings (SSSR count). The summed E-state index contributed by atoms with van der Waals surface area (Å²) in [6, 6.07) is 7.46. The minimum atomic E-state index is -0.537. The van der Waals surface area contributed by atoms with Gasteiger partial charge in [-0.2, -0.15) is 0 Å². The first-order chi connectivity index (χ1) is 7.61. The van der Waals surface area contributed by atoms with E-state index in [9.17, 15) is 4.79 Å². The van der Waals surface area contributed by atoms with Crippen LogP contribution >= 0.6 is 22.6 Å². The molecule has 0 bridgehead atoms. The molecule has 5 heteroatoms. The summed E-state index contributed by atoms with van der Waals surface area (Å²) in [7, 11) is 1.47. The van der Waals surface area contributed by atoms with Crippen molar-refractivity contribution in [2.45, 2.75) is 0 Å². The van der Waals surface area contributed by atoms with Crippen LogP contribution in [0.4, 0.5) is 0 Å². The van der Waals surface area contributed by atoms with Crippen LogP contribution in [0.25, 0.3) is 10.9 Å². The Morgan fingerprint density at radius 1 is 1.44 bits per heavy atom. The van der Waals surface area contributed by atoms with Crippen LogP contribution in [-0.4, -0.2) is 18.0 Å². The predicted molar refractivity (Wildman–Crippen MR) is 69.5 cm³/mol. The molecular weight excluding hydrogens is 319 g/mol. The van der Waals surface area contributed by atoms with E-state index >= 15 is 0 Å². The van der Waals surface area contributed by atoms with Gasteiger partial charge in [0.05, 0.1) is 12.6 Å². The Morgan fingerprint density at radius 3 is 2.81 bits per heavy atom. The number of carbonyl (C=O) groups excluding carboxylic acids is 1. The summed E-state index contributed by atoms with van der Waals surface area (Å²) < 4.78 is 6.11. The van der Waals surface area contributed by atoms with Crippen molar-refractivity contribution in [3.8, 4) is 5.88 Å². The average molecular weight is 328 g/mol. The van der Waals surface area contributed by atoms with E-state index in [1.54, 1.807) is 6.07 Å². The SMILES string of the molecule is COc1nc2ccc(I)cc2cc1C(N)=O. The molecule has 2 aromatic rings. The Hall–Kier alpha value is -1.37. The summed E-state index contributed by atoms with van der Waals surface area (Å²) in [5, 5.41) is 0.876. The highest BCUT2D eigenvalue weighted by Gasteiger charge is 2.12. The summed E-state index contributed by atoms with van der Waals surface area (Å²) >= 11 is 2.20. The highest BCUT2D eigenvalue weighted by molar-refractivity contribution is 14.1. The third kappa shape index (κ3) is 1.95. The van der Waals surface area contributed by atoms with Gasteiger partial charge in [-0.05, 0) is 46.9 Å². The van der Waals surface area contributed by atoms with E-state index in [1.165, 1.54) is 7.11 Å². The molecule has 0 aliphatic heterocycles. The van der Waals surface area contributed by atoms with Crippen molar-refractivity contribution in [1.29, 1.82) is 0 Å². The van der Waals surface area contributed by atoms with Gasteiger partial charge in [-0.15, -0.1) is 0 Å². The lowest BCUT2D eigenvalue weighted by Gasteiger charge is -2.06. The highest BCUT2D eigenvalue weighted by atomic mass is 127. The lowest BCUT2D eigenvalue weighted by Crippen LogP contribution is -2.13. The van der Waals surface area contributed by atoms with E-state index in [0.29, 0.717) is 5.56 Å². The van der Waals surface area contributed by atoms with E-state index in [4.69, 9.17) is 10.5 Å². The monoisotopic (exact) mass is 328 g/mol. The standard InChI is InChI=1S/C11H9IN2O2/c1-16-11-8(10(13)15)5-6-4-7(12)2-3-9(6)14-11/h2-5H,1H3,(H2,13,15). The second kappa shape index (κ2) is 4.25. The molecule has 4 nitrogen and oxygen atoms in total. The van der Waals surface area contributed by atoms with Gasteiger partial charge in [0.15, 0.2) is 0 Å². The number of methoxy groups -OCH3 is 1. The molecule has 0 fully saturated rings. The fourth-order valence-corrected chi connectivity index (χ4v) is 1.98. The lowest BCUT2D eigenvalue weighted by atomic mass is 10.1. The van der Waals surface area contributed by atoms with Crippen molar-refractivity contribution in [2.24, 2.45) is 5.73 Å².